The van der Waals surface area contributed by atoms with Gasteiger partial charge < -0.3 is 11.1 Å². The highest BCUT2D eigenvalue weighted by atomic mass is 79.9. The third-order valence-electron chi connectivity index (χ3n) is 1.92. The number of para-hydroxylation sites is 1. The van der Waals surface area contributed by atoms with Crippen LogP contribution in [0.5, 0.6) is 0 Å². The molecule has 2 aromatic rings. The average Bonchev–Trinajstić information content (AvgIpc) is 2.22. The number of nitrogens with one attached hydrogen (secondary N) is 1. The summed E-state index contributed by atoms with van der Waals surface area (Å²) in [6, 6.07) is 11.4. The van der Waals surface area contributed by atoms with E-state index in [2.05, 4.69) is 26.2 Å². The number of halogens is 1. The highest BCUT2D eigenvalue weighted by Crippen LogP contribution is 2.24. The number of nitrogens with two attached hydrogens (primary N) is 1. The highest BCUT2D eigenvalue weighted by Gasteiger charge is 1.99. The van der Waals surface area contributed by atoms with Gasteiger partial charge in [0, 0.05) is 22.4 Å². The molecule has 2 rings (SSSR count). The quantitative estimate of drug-likeness (QED) is 0.875. The lowest BCUT2D eigenvalue weighted by molar-refractivity contribution is 1.31. The molecule has 0 spiro atoms. The van der Waals surface area contributed by atoms with E-state index in [9.17, 15) is 0 Å². The van der Waals surface area contributed by atoms with E-state index in [1.807, 2.05) is 24.3 Å². The fraction of sp³-hybridized carbons (Fsp3) is 0. The van der Waals surface area contributed by atoms with Crippen LogP contribution in [0, 0.1) is 0 Å². The Morgan fingerprint density at radius 3 is 2.73 bits per heavy atom. The first-order chi connectivity index (χ1) is 7.25. The van der Waals surface area contributed by atoms with E-state index >= 15 is 0 Å². The first-order valence-electron chi connectivity index (χ1n) is 4.49. The van der Waals surface area contributed by atoms with Crippen molar-refractivity contribution in [2.75, 3.05) is 11.1 Å². The van der Waals surface area contributed by atoms with Crippen molar-refractivity contribution in [1.82, 2.24) is 4.98 Å². The molecule has 0 aliphatic carbocycles. The normalized spacial score (nSPS) is 9.93. The number of pyridine rings is 1. The summed E-state index contributed by atoms with van der Waals surface area (Å²) in [6.45, 7) is 0. The van der Waals surface area contributed by atoms with Crippen molar-refractivity contribution in [3.63, 3.8) is 0 Å². The second-order valence-corrected chi connectivity index (χ2v) is 3.93. The Balaban J connectivity index is 2.26. The Morgan fingerprint density at radius 2 is 2.00 bits per heavy atom. The van der Waals surface area contributed by atoms with Crippen LogP contribution in [-0.2, 0) is 0 Å². The van der Waals surface area contributed by atoms with E-state index in [-0.39, 0.29) is 0 Å². The van der Waals surface area contributed by atoms with Crippen LogP contribution < -0.4 is 11.1 Å². The molecule has 0 bridgehead atoms. The summed E-state index contributed by atoms with van der Waals surface area (Å²) >= 11 is 3.45. The van der Waals surface area contributed by atoms with Gasteiger partial charge in [0.15, 0.2) is 0 Å². The minimum atomic E-state index is 0.694. The van der Waals surface area contributed by atoms with Crippen LogP contribution in [0.3, 0.4) is 0 Å². The summed E-state index contributed by atoms with van der Waals surface area (Å²) in [5.74, 6) is 0.738. The fourth-order valence-corrected chi connectivity index (χ4v) is 1.60. The largest absolute Gasteiger partial charge is 0.399 e. The summed E-state index contributed by atoms with van der Waals surface area (Å²) in [5, 5.41) is 3.18. The van der Waals surface area contributed by atoms with Gasteiger partial charge in [0.25, 0.3) is 0 Å². The van der Waals surface area contributed by atoms with Gasteiger partial charge in [-0.05, 0) is 34.1 Å². The van der Waals surface area contributed by atoms with Gasteiger partial charge in [0.05, 0.1) is 5.69 Å². The number of anilines is 3. The SMILES string of the molecule is Nc1ccnc(Nc2ccccc2Br)c1. The maximum Gasteiger partial charge on any atom is 0.132 e. The topological polar surface area (TPSA) is 50.9 Å². The lowest BCUT2D eigenvalue weighted by Crippen LogP contribution is -1.95. The first-order valence-corrected chi connectivity index (χ1v) is 5.28. The van der Waals surface area contributed by atoms with E-state index in [0.717, 1.165) is 16.0 Å². The second-order valence-electron chi connectivity index (χ2n) is 3.08. The summed E-state index contributed by atoms with van der Waals surface area (Å²) in [6.07, 6.45) is 1.68. The third kappa shape index (κ3) is 2.47. The van der Waals surface area contributed by atoms with Gasteiger partial charge in [-0.25, -0.2) is 4.98 Å². The molecule has 1 aromatic carbocycles. The second kappa shape index (κ2) is 4.31. The van der Waals surface area contributed by atoms with Crippen LogP contribution in [0.2, 0.25) is 0 Å². The number of benzene rings is 1. The van der Waals surface area contributed by atoms with Crippen LogP contribution in [0.1, 0.15) is 0 Å². The van der Waals surface area contributed by atoms with Crippen LogP contribution in [0.25, 0.3) is 0 Å². The van der Waals surface area contributed by atoms with Gasteiger partial charge in [-0.3, -0.25) is 0 Å². The van der Waals surface area contributed by atoms with E-state index in [1.165, 1.54) is 0 Å². The minimum absolute atomic E-state index is 0.694. The zero-order valence-electron chi connectivity index (χ0n) is 7.94. The number of nitrogen functional groups attached to an aromatic ring is 1. The van der Waals surface area contributed by atoms with E-state index in [1.54, 1.807) is 18.3 Å². The van der Waals surface area contributed by atoms with Gasteiger partial charge in [0.2, 0.25) is 0 Å². The van der Waals surface area contributed by atoms with Crippen molar-refractivity contribution < 1.29 is 0 Å². The van der Waals surface area contributed by atoms with Crippen molar-refractivity contribution >= 4 is 33.1 Å². The van der Waals surface area contributed by atoms with Gasteiger partial charge in [-0.15, -0.1) is 0 Å². The predicted octanol–water partition coefficient (Wildman–Crippen LogP) is 3.17. The predicted molar refractivity (Wildman–Crippen MR) is 66.1 cm³/mol. The van der Waals surface area contributed by atoms with Crippen molar-refractivity contribution in [3.05, 3.63) is 47.1 Å². The Morgan fingerprint density at radius 1 is 1.20 bits per heavy atom. The molecule has 0 saturated carbocycles. The zero-order valence-corrected chi connectivity index (χ0v) is 9.53. The van der Waals surface area contributed by atoms with Crippen LogP contribution in [-0.4, -0.2) is 4.98 Å². The zero-order chi connectivity index (χ0) is 10.7. The molecular formula is C11H10BrN3. The van der Waals surface area contributed by atoms with Gasteiger partial charge in [-0.1, -0.05) is 12.1 Å². The van der Waals surface area contributed by atoms with Gasteiger partial charge in [-0.2, -0.15) is 0 Å². The molecule has 0 atom stereocenters. The molecule has 0 unspecified atom stereocenters. The lowest BCUT2D eigenvalue weighted by atomic mass is 10.3. The number of hydrogen-bond donors (Lipinski definition) is 2. The Bertz CT molecular complexity index is 471. The molecule has 0 radical (unpaired) electrons. The molecule has 0 fully saturated rings. The van der Waals surface area contributed by atoms with Gasteiger partial charge >= 0.3 is 0 Å². The van der Waals surface area contributed by atoms with Crippen LogP contribution in [0.4, 0.5) is 17.2 Å². The smallest absolute Gasteiger partial charge is 0.132 e. The summed E-state index contributed by atoms with van der Waals surface area (Å²) in [4.78, 5) is 4.16. The molecule has 1 aromatic heterocycles. The Kier molecular flexibility index (Phi) is 2.87. The van der Waals surface area contributed by atoms with Crippen molar-refractivity contribution in [2.45, 2.75) is 0 Å². The number of rotatable bonds is 2. The minimum Gasteiger partial charge on any atom is -0.399 e. The molecular weight excluding hydrogens is 254 g/mol. The lowest BCUT2D eigenvalue weighted by Gasteiger charge is -2.07. The number of hydrogen-bond acceptors (Lipinski definition) is 3. The molecule has 3 nitrogen and oxygen atoms in total. The number of nitrogens with zero attached hydrogens (tertiary/aromatic N) is 1. The molecule has 4 heteroatoms. The molecule has 0 aliphatic rings. The van der Waals surface area contributed by atoms with Gasteiger partial charge in [0.1, 0.15) is 5.82 Å². The molecule has 15 heavy (non-hydrogen) atoms. The maximum absolute atomic E-state index is 5.66. The molecule has 0 amide bonds. The van der Waals surface area contributed by atoms with E-state index < -0.39 is 0 Å². The Labute approximate surface area is 96.5 Å². The molecule has 0 aliphatic heterocycles. The van der Waals surface area contributed by atoms with Crippen molar-refractivity contribution in [2.24, 2.45) is 0 Å². The fourth-order valence-electron chi connectivity index (χ4n) is 1.22. The maximum atomic E-state index is 5.66. The average molecular weight is 264 g/mol. The molecule has 1 heterocycles. The molecule has 0 saturated heterocycles. The summed E-state index contributed by atoms with van der Waals surface area (Å²) < 4.78 is 0.995. The van der Waals surface area contributed by atoms with Crippen LogP contribution >= 0.6 is 15.9 Å². The summed E-state index contributed by atoms with van der Waals surface area (Å²) in [7, 11) is 0. The van der Waals surface area contributed by atoms with Crippen LogP contribution in [0.15, 0.2) is 47.1 Å². The first kappa shape index (κ1) is 9.98. The molecule has 76 valence electrons. The monoisotopic (exact) mass is 263 g/mol. The standard InChI is InChI=1S/C11H10BrN3/c12-9-3-1-2-4-10(9)15-11-7-8(13)5-6-14-11/h1-7H,(H3,13,14,15). The summed E-state index contributed by atoms with van der Waals surface area (Å²) in [5.41, 5.74) is 7.32. The van der Waals surface area contributed by atoms with Crippen molar-refractivity contribution in [3.8, 4) is 0 Å². The highest BCUT2D eigenvalue weighted by molar-refractivity contribution is 9.10. The van der Waals surface area contributed by atoms with E-state index in [0.29, 0.717) is 5.69 Å². The number of aromatic nitrogens is 1. The van der Waals surface area contributed by atoms with E-state index in [4.69, 9.17) is 5.73 Å². The third-order valence-corrected chi connectivity index (χ3v) is 2.61. The molecule has 3 N–H and O–H groups in total. The van der Waals surface area contributed by atoms with Crippen molar-refractivity contribution in [1.29, 1.82) is 0 Å². The Hall–Kier alpha value is -1.55.